The van der Waals surface area contributed by atoms with Crippen molar-refractivity contribution in [3.8, 4) is 22.5 Å². The molecule has 4 heterocycles. The largest absolute Gasteiger partial charge is 0.277 e. The normalized spacial score (nSPS) is 13.6. The predicted molar refractivity (Wildman–Crippen MR) is 177 cm³/mol. The Morgan fingerprint density at radius 2 is 0.727 bits per heavy atom. The monoisotopic (exact) mass is 600 g/mol. The van der Waals surface area contributed by atoms with Crippen LogP contribution < -0.4 is 9.80 Å². The van der Waals surface area contributed by atoms with E-state index in [-0.39, 0.29) is 0 Å². The lowest BCUT2D eigenvalue weighted by molar-refractivity contribution is 1.03. The molecule has 2 aromatic heterocycles. The quantitative estimate of drug-likeness (QED) is 0.194. The molecule has 6 nitrogen and oxygen atoms in total. The number of nitrogens with zero attached hydrogens (tertiary/aromatic N) is 6. The fraction of sp³-hybridized carbons (Fsp3) is 0. The molecular formula is C36H20N6S2. The Morgan fingerprint density at radius 3 is 1.11 bits per heavy atom. The summed E-state index contributed by atoms with van der Waals surface area (Å²) in [4.78, 5) is 30.0. The second kappa shape index (κ2) is 9.16. The van der Waals surface area contributed by atoms with E-state index in [1.165, 1.54) is 0 Å². The highest BCUT2D eigenvalue weighted by Gasteiger charge is 2.33. The molecule has 0 atom stereocenters. The summed E-state index contributed by atoms with van der Waals surface area (Å²) >= 11 is 3.54. The first kappa shape index (κ1) is 24.3. The van der Waals surface area contributed by atoms with Crippen LogP contribution in [0, 0.1) is 0 Å². The number of anilines is 6. The molecular weight excluding hydrogens is 581 g/mol. The molecule has 0 N–H and O–H groups in total. The lowest BCUT2D eigenvalue weighted by Gasteiger charge is -2.32. The number of rotatable bonds is 2. The summed E-state index contributed by atoms with van der Waals surface area (Å²) < 4.78 is 0. The minimum absolute atomic E-state index is 0.593. The van der Waals surface area contributed by atoms with Crippen LogP contribution in [0.3, 0.4) is 0 Å². The number of para-hydroxylation sites is 4. The maximum atomic E-state index is 5.26. The third-order valence-electron chi connectivity index (χ3n) is 8.23. The summed E-state index contributed by atoms with van der Waals surface area (Å²) in [6.45, 7) is 0. The zero-order valence-electron chi connectivity index (χ0n) is 23.0. The Hall–Kier alpha value is -5.18. The molecule has 5 aromatic carbocycles. The molecule has 0 spiro atoms. The van der Waals surface area contributed by atoms with Gasteiger partial charge >= 0.3 is 0 Å². The van der Waals surface area contributed by atoms with Gasteiger partial charge in [-0.05, 0) is 48.5 Å². The second-order valence-corrected chi connectivity index (χ2v) is 12.9. The first-order chi connectivity index (χ1) is 21.8. The molecule has 0 bridgehead atoms. The summed E-state index contributed by atoms with van der Waals surface area (Å²) in [5, 5.41) is 0.889. The van der Waals surface area contributed by atoms with Crippen molar-refractivity contribution in [1.29, 1.82) is 0 Å². The van der Waals surface area contributed by atoms with Gasteiger partial charge in [0.15, 0.2) is 5.65 Å². The van der Waals surface area contributed by atoms with Crippen LogP contribution in [0.15, 0.2) is 141 Å². The topological polar surface area (TPSA) is 58.0 Å². The van der Waals surface area contributed by atoms with E-state index in [0.29, 0.717) is 17.5 Å². The molecule has 0 saturated heterocycles. The van der Waals surface area contributed by atoms with Crippen molar-refractivity contribution in [2.24, 2.45) is 0 Å². The van der Waals surface area contributed by atoms with Crippen LogP contribution in [-0.4, -0.2) is 19.9 Å². The molecule has 0 radical (unpaired) electrons. The van der Waals surface area contributed by atoms with Crippen molar-refractivity contribution in [2.75, 3.05) is 9.80 Å². The number of hydrogen-bond donors (Lipinski definition) is 0. The van der Waals surface area contributed by atoms with E-state index in [9.17, 15) is 0 Å². The average Bonchev–Trinajstić information content (AvgIpc) is 3.40. The molecule has 0 fully saturated rings. The zero-order valence-corrected chi connectivity index (χ0v) is 24.7. The molecule has 0 amide bonds. The highest BCUT2D eigenvalue weighted by molar-refractivity contribution is 8.00. The lowest BCUT2D eigenvalue weighted by atomic mass is 10.1. The standard InChI is InChI=1S/C36H20N6S2/c1-2-12-22-21(11-1)32-31-33(22)38-36(42-25-15-5-9-19-29(25)44-30-20-10-6-16-26(30)42)40-34(31)39-35(37-32)41-23-13-3-7-17-27(23)43-28-18-8-4-14-24(28)41/h1-20H. The van der Waals surface area contributed by atoms with Crippen molar-refractivity contribution in [3.63, 3.8) is 0 Å². The summed E-state index contributed by atoms with van der Waals surface area (Å²) in [6.07, 6.45) is 0. The fourth-order valence-electron chi connectivity index (χ4n) is 6.34. The molecule has 44 heavy (non-hydrogen) atoms. The van der Waals surface area contributed by atoms with E-state index in [4.69, 9.17) is 19.9 Å². The van der Waals surface area contributed by atoms with Crippen molar-refractivity contribution in [3.05, 3.63) is 121 Å². The SMILES string of the molecule is c1ccc2c(c1)Sc1ccccc1N2c1nc2c3c(nc(N4c5ccccc5Sc5ccccc54)nc3n1)-c1ccccc1-2. The molecule has 7 aromatic rings. The van der Waals surface area contributed by atoms with Crippen molar-refractivity contribution in [2.45, 2.75) is 19.6 Å². The Bertz CT molecular complexity index is 2090. The van der Waals surface area contributed by atoms with Crippen molar-refractivity contribution >= 4 is 69.2 Å². The fourth-order valence-corrected chi connectivity index (χ4v) is 8.45. The first-order valence-corrected chi connectivity index (χ1v) is 16.0. The van der Waals surface area contributed by atoms with E-state index in [1.807, 2.05) is 0 Å². The third-order valence-corrected chi connectivity index (χ3v) is 10.5. The van der Waals surface area contributed by atoms with Crippen LogP contribution in [0.2, 0.25) is 0 Å². The van der Waals surface area contributed by atoms with Gasteiger partial charge in [0, 0.05) is 30.7 Å². The highest BCUT2D eigenvalue weighted by atomic mass is 32.2. The minimum atomic E-state index is 0.593. The summed E-state index contributed by atoms with van der Waals surface area (Å²) in [5.74, 6) is 1.19. The highest BCUT2D eigenvalue weighted by Crippen LogP contribution is 2.54. The van der Waals surface area contributed by atoms with Crippen LogP contribution >= 0.6 is 23.5 Å². The summed E-state index contributed by atoms with van der Waals surface area (Å²) in [5.41, 5.74) is 8.67. The predicted octanol–water partition coefficient (Wildman–Crippen LogP) is 9.94. The minimum Gasteiger partial charge on any atom is -0.277 e. The number of aromatic nitrogens is 4. The van der Waals surface area contributed by atoms with Gasteiger partial charge < -0.3 is 0 Å². The lowest BCUT2D eigenvalue weighted by Crippen LogP contribution is -2.19. The number of hydrogen-bond acceptors (Lipinski definition) is 8. The van der Waals surface area contributed by atoms with Crippen molar-refractivity contribution < 1.29 is 0 Å². The molecule has 8 heteroatoms. The van der Waals surface area contributed by atoms with Gasteiger partial charge in [0.2, 0.25) is 11.9 Å². The van der Waals surface area contributed by atoms with E-state index < -0.39 is 0 Å². The Labute approximate surface area is 261 Å². The molecule has 206 valence electrons. The van der Waals surface area contributed by atoms with Gasteiger partial charge in [0.1, 0.15) is 0 Å². The Balaban J connectivity index is 1.27. The zero-order chi connectivity index (χ0) is 28.8. The van der Waals surface area contributed by atoms with E-state index in [2.05, 4.69) is 131 Å². The first-order valence-electron chi connectivity index (χ1n) is 14.3. The van der Waals surface area contributed by atoms with Crippen LogP contribution in [0.1, 0.15) is 0 Å². The number of fused-ring (bicyclic) bond motifs is 7. The van der Waals surface area contributed by atoms with Crippen LogP contribution in [0.25, 0.3) is 33.5 Å². The van der Waals surface area contributed by atoms with Gasteiger partial charge in [-0.3, -0.25) is 9.80 Å². The molecule has 0 saturated carbocycles. The van der Waals surface area contributed by atoms with E-state index in [0.717, 1.165) is 70.2 Å². The van der Waals surface area contributed by atoms with Crippen LogP contribution in [0.5, 0.6) is 0 Å². The third kappa shape index (κ3) is 3.40. The molecule has 10 rings (SSSR count). The van der Waals surface area contributed by atoms with Gasteiger partial charge in [-0.2, -0.15) is 9.97 Å². The van der Waals surface area contributed by atoms with Crippen molar-refractivity contribution in [1.82, 2.24) is 19.9 Å². The Kier molecular flexibility index (Phi) is 5.05. The molecule has 1 aliphatic carbocycles. The maximum absolute atomic E-state index is 5.26. The summed E-state index contributed by atoms with van der Waals surface area (Å²) in [6, 6.07) is 42.1. The maximum Gasteiger partial charge on any atom is 0.237 e. The van der Waals surface area contributed by atoms with Gasteiger partial charge in [-0.25, -0.2) is 9.97 Å². The van der Waals surface area contributed by atoms with Gasteiger partial charge in [0.05, 0.1) is 39.5 Å². The van der Waals surface area contributed by atoms with Crippen LogP contribution in [-0.2, 0) is 0 Å². The van der Waals surface area contributed by atoms with Gasteiger partial charge in [-0.1, -0.05) is 96.3 Å². The molecule has 3 aliphatic rings. The van der Waals surface area contributed by atoms with Gasteiger partial charge in [-0.15, -0.1) is 0 Å². The van der Waals surface area contributed by atoms with E-state index in [1.54, 1.807) is 23.5 Å². The summed E-state index contributed by atoms with van der Waals surface area (Å²) in [7, 11) is 0. The van der Waals surface area contributed by atoms with Gasteiger partial charge in [0.25, 0.3) is 0 Å². The molecule has 0 unspecified atom stereocenters. The Morgan fingerprint density at radius 1 is 0.386 bits per heavy atom. The molecule has 2 aliphatic heterocycles. The van der Waals surface area contributed by atoms with Crippen LogP contribution in [0.4, 0.5) is 34.6 Å². The number of benzene rings is 5. The average molecular weight is 601 g/mol. The van der Waals surface area contributed by atoms with E-state index >= 15 is 0 Å². The smallest absolute Gasteiger partial charge is 0.237 e. The second-order valence-electron chi connectivity index (χ2n) is 10.7.